The van der Waals surface area contributed by atoms with Gasteiger partial charge in [0.2, 0.25) is 15.9 Å². The van der Waals surface area contributed by atoms with Crippen LogP contribution in [0.15, 0.2) is 53.4 Å². The molecule has 3 rings (SSSR count). The van der Waals surface area contributed by atoms with Gasteiger partial charge >= 0.3 is 0 Å². The summed E-state index contributed by atoms with van der Waals surface area (Å²) < 4.78 is 27.4. The molecule has 160 valence electrons. The first-order valence-electron chi connectivity index (χ1n) is 9.97. The van der Waals surface area contributed by atoms with Gasteiger partial charge in [-0.3, -0.25) is 9.59 Å². The minimum atomic E-state index is -3.65. The molecule has 0 saturated carbocycles. The molecule has 0 aromatic heterocycles. The minimum Gasteiger partial charge on any atom is -0.339 e. The second-order valence-electron chi connectivity index (χ2n) is 7.43. The quantitative estimate of drug-likeness (QED) is 0.761. The van der Waals surface area contributed by atoms with Crippen LogP contribution in [0.4, 0.5) is 0 Å². The Hall–Kier alpha value is -2.71. The molecular weight excluding hydrogens is 402 g/mol. The van der Waals surface area contributed by atoms with Crippen molar-refractivity contribution in [2.45, 2.75) is 25.2 Å². The summed E-state index contributed by atoms with van der Waals surface area (Å²) in [4.78, 5) is 28.6. The van der Waals surface area contributed by atoms with Crippen LogP contribution < -0.4 is 4.72 Å². The zero-order chi connectivity index (χ0) is 21.7. The van der Waals surface area contributed by atoms with Crippen LogP contribution in [0.25, 0.3) is 0 Å². The predicted molar refractivity (Wildman–Crippen MR) is 115 cm³/mol. The van der Waals surface area contributed by atoms with Crippen LogP contribution in [0.1, 0.15) is 27.9 Å². The third-order valence-corrected chi connectivity index (χ3v) is 6.82. The monoisotopic (exact) mass is 429 g/mol. The topological polar surface area (TPSA) is 86.8 Å². The molecule has 2 amide bonds. The summed E-state index contributed by atoms with van der Waals surface area (Å²) in [5.74, 6) is -0.159. The highest BCUT2D eigenvalue weighted by Gasteiger charge is 2.25. The van der Waals surface area contributed by atoms with Crippen molar-refractivity contribution < 1.29 is 18.0 Å². The molecule has 2 aromatic carbocycles. The molecule has 1 aliphatic heterocycles. The fourth-order valence-electron chi connectivity index (χ4n) is 3.34. The lowest BCUT2D eigenvalue weighted by Gasteiger charge is -2.35. The van der Waals surface area contributed by atoms with Gasteiger partial charge in [0, 0.05) is 44.7 Å². The molecule has 1 N–H and O–H groups in total. The minimum absolute atomic E-state index is 0.0381. The number of nitrogens with one attached hydrogen (secondary N) is 1. The molecule has 1 heterocycles. The highest BCUT2D eigenvalue weighted by molar-refractivity contribution is 7.89. The van der Waals surface area contributed by atoms with E-state index in [9.17, 15) is 18.0 Å². The molecule has 0 radical (unpaired) electrons. The summed E-state index contributed by atoms with van der Waals surface area (Å²) >= 11 is 0. The van der Waals surface area contributed by atoms with Gasteiger partial charge in [-0.2, -0.15) is 0 Å². The van der Waals surface area contributed by atoms with E-state index < -0.39 is 10.0 Å². The van der Waals surface area contributed by atoms with Crippen molar-refractivity contribution in [1.29, 1.82) is 0 Å². The van der Waals surface area contributed by atoms with Crippen molar-refractivity contribution in [1.82, 2.24) is 14.5 Å². The predicted octanol–water partition coefficient (Wildman–Crippen LogP) is 1.96. The first-order chi connectivity index (χ1) is 14.3. The molecule has 30 heavy (non-hydrogen) atoms. The van der Waals surface area contributed by atoms with E-state index in [1.165, 1.54) is 0 Å². The lowest BCUT2D eigenvalue weighted by molar-refractivity contribution is -0.132. The van der Waals surface area contributed by atoms with Gasteiger partial charge in [0.05, 0.1) is 4.90 Å². The van der Waals surface area contributed by atoms with Gasteiger partial charge in [-0.15, -0.1) is 0 Å². The summed E-state index contributed by atoms with van der Waals surface area (Å²) in [6.07, 6.45) is 0.0801. The summed E-state index contributed by atoms with van der Waals surface area (Å²) in [7, 11) is -3.65. The molecule has 0 bridgehead atoms. The molecular formula is C22H27N3O4S. The highest BCUT2D eigenvalue weighted by Crippen LogP contribution is 2.15. The number of rotatable bonds is 6. The standard InChI is InChI=1S/C22H27N3O4S/c1-17-8-9-20(16-18(17)2)30(28,29)23-11-10-21(26)24-12-14-25(15-13-24)22(27)19-6-4-3-5-7-19/h3-9,16,23H,10-15H2,1-2H3. The second kappa shape index (κ2) is 9.40. The Balaban J connectivity index is 1.47. The summed E-state index contributed by atoms with van der Waals surface area (Å²) in [5, 5.41) is 0. The van der Waals surface area contributed by atoms with E-state index in [2.05, 4.69) is 4.72 Å². The summed E-state index contributed by atoms with van der Waals surface area (Å²) in [6.45, 7) is 5.65. The normalized spacial score (nSPS) is 14.6. The first-order valence-corrected chi connectivity index (χ1v) is 11.5. The second-order valence-corrected chi connectivity index (χ2v) is 9.20. The molecule has 0 unspecified atom stereocenters. The van der Waals surface area contributed by atoms with Crippen molar-refractivity contribution in [2.24, 2.45) is 0 Å². The van der Waals surface area contributed by atoms with Gasteiger partial charge in [-0.05, 0) is 49.2 Å². The average molecular weight is 430 g/mol. The SMILES string of the molecule is Cc1ccc(S(=O)(=O)NCCC(=O)N2CCN(C(=O)c3ccccc3)CC2)cc1C. The molecule has 1 fully saturated rings. The zero-order valence-electron chi connectivity index (χ0n) is 17.3. The first kappa shape index (κ1) is 22.0. The zero-order valence-corrected chi connectivity index (χ0v) is 18.1. The van der Waals surface area contributed by atoms with Crippen molar-refractivity contribution in [2.75, 3.05) is 32.7 Å². The van der Waals surface area contributed by atoms with Crippen LogP contribution >= 0.6 is 0 Å². The molecule has 1 aliphatic rings. The van der Waals surface area contributed by atoms with Gasteiger partial charge in [0.15, 0.2) is 0 Å². The van der Waals surface area contributed by atoms with Crippen molar-refractivity contribution in [3.05, 3.63) is 65.2 Å². The Morgan fingerprint density at radius 3 is 2.17 bits per heavy atom. The maximum atomic E-state index is 12.5. The number of aryl methyl sites for hydroxylation is 2. The number of sulfonamides is 1. The number of nitrogens with zero attached hydrogens (tertiary/aromatic N) is 2. The Labute approximate surface area is 177 Å². The smallest absolute Gasteiger partial charge is 0.253 e. The van der Waals surface area contributed by atoms with E-state index in [0.29, 0.717) is 31.7 Å². The Bertz CT molecular complexity index is 1010. The van der Waals surface area contributed by atoms with E-state index in [1.54, 1.807) is 40.1 Å². The lowest BCUT2D eigenvalue weighted by Crippen LogP contribution is -2.51. The number of hydrogen-bond donors (Lipinski definition) is 1. The van der Waals surface area contributed by atoms with Gasteiger partial charge < -0.3 is 9.80 Å². The van der Waals surface area contributed by atoms with Gasteiger partial charge in [0.1, 0.15) is 0 Å². The molecule has 0 spiro atoms. The molecule has 0 atom stereocenters. The van der Waals surface area contributed by atoms with E-state index in [-0.39, 0.29) is 29.7 Å². The Kier molecular flexibility index (Phi) is 6.89. The maximum Gasteiger partial charge on any atom is 0.253 e. The molecule has 2 aromatic rings. The van der Waals surface area contributed by atoms with Crippen LogP contribution in [0.2, 0.25) is 0 Å². The van der Waals surface area contributed by atoms with Crippen LogP contribution in [0.5, 0.6) is 0 Å². The summed E-state index contributed by atoms with van der Waals surface area (Å²) in [5.41, 5.74) is 2.56. The summed E-state index contributed by atoms with van der Waals surface area (Å²) in [6, 6.07) is 14.0. The van der Waals surface area contributed by atoms with E-state index in [0.717, 1.165) is 11.1 Å². The van der Waals surface area contributed by atoms with E-state index in [1.807, 2.05) is 32.0 Å². The molecule has 8 heteroatoms. The number of carbonyl (C=O) groups excluding carboxylic acids is 2. The van der Waals surface area contributed by atoms with Gasteiger partial charge in [-0.1, -0.05) is 24.3 Å². The van der Waals surface area contributed by atoms with Gasteiger partial charge in [0.25, 0.3) is 5.91 Å². The van der Waals surface area contributed by atoms with Crippen molar-refractivity contribution >= 4 is 21.8 Å². The van der Waals surface area contributed by atoms with Crippen LogP contribution in [0, 0.1) is 13.8 Å². The fraction of sp³-hybridized carbons (Fsp3) is 0.364. The number of benzene rings is 2. The third-order valence-electron chi connectivity index (χ3n) is 5.36. The number of piperazine rings is 1. The van der Waals surface area contributed by atoms with E-state index in [4.69, 9.17) is 0 Å². The average Bonchev–Trinajstić information content (AvgIpc) is 2.75. The Morgan fingerprint density at radius 2 is 1.53 bits per heavy atom. The molecule has 1 saturated heterocycles. The number of hydrogen-bond acceptors (Lipinski definition) is 4. The highest BCUT2D eigenvalue weighted by atomic mass is 32.2. The third kappa shape index (κ3) is 5.25. The number of carbonyl (C=O) groups is 2. The molecule has 7 nitrogen and oxygen atoms in total. The maximum absolute atomic E-state index is 12.5. The van der Waals surface area contributed by atoms with Crippen molar-refractivity contribution in [3.63, 3.8) is 0 Å². The Morgan fingerprint density at radius 1 is 0.900 bits per heavy atom. The number of amides is 2. The van der Waals surface area contributed by atoms with Gasteiger partial charge in [-0.25, -0.2) is 13.1 Å². The largest absolute Gasteiger partial charge is 0.339 e. The van der Waals surface area contributed by atoms with Crippen molar-refractivity contribution in [3.8, 4) is 0 Å². The van der Waals surface area contributed by atoms with E-state index >= 15 is 0 Å². The van der Waals surface area contributed by atoms with Crippen LogP contribution in [-0.2, 0) is 14.8 Å². The van der Waals surface area contributed by atoms with Crippen LogP contribution in [0.3, 0.4) is 0 Å². The fourth-order valence-corrected chi connectivity index (χ4v) is 4.45. The molecule has 0 aliphatic carbocycles. The lowest BCUT2D eigenvalue weighted by atomic mass is 10.1. The van der Waals surface area contributed by atoms with Crippen LogP contribution in [-0.4, -0.2) is 62.8 Å².